The molecule has 0 N–H and O–H groups in total. The molecule has 2 heteroatoms. The first kappa shape index (κ1) is 4.19. The zero-order chi connectivity index (χ0) is 4.41. The molecule has 1 rings (SSSR count). The number of hydrogen-bond acceptors (Lipinski definition) is 1. The topological polar surface area (TPSA) is 3.24 Å². The molecule has 1 aliphatic heterocycles. The predicted octanol–water partition coefficient (Wildman–Crippen LogP) is 0.166. The Labute approximate surface area is 39.8 Å². The molecule has 1 saturated heterocycles. The first-order valence-electron chi connectivity index (χ1n) is 2.39. The van der Waals surface area contributed by atoms with Crippen molar-refractivity contribution in [1.82, 2.24) is 4.81 Å². The molecule has 1 fully saturated rings. The molecule has 2 radical (unpaired) electrons. The second-order valence-electron chi connectivity index (χ2n) is 1.74. The second-order valence-corrected chi connectivity index (χ2v) is 1.74. The minimum Gasteiger partial charge on any atom is -0.353 e. The van der Waals surface area contributed by atoms with Gasteiger partial charge in [-0.3, -0.25) is 0 Å². The van der Waals surface area contributed by atoms with Gasteiger partial charge in [0, 0.05) is 0 Å². The van der Waals surface area contributed by atoms with E-state index in [4.69, 9.17) is 7.98 Å². The monoisotopic (exact) mass is 81.1 g/mol. The first-order chi connectivity index (χ1) is 2.89. The molecule has 0 unspecified atom stereocenters. The Morgan fingerprint density at radius 1 is 1.17 bits per heavy atom. The van der Waals surface area contributed by atoms with Gasteiger partial charge in [-0.1, -0.05) is 0 Å². The third kappa shape index (κ3) is 0.746. The van der Waals surface area contributed by atoms with Crippen LogP contribution < -0.4 is 0 Å². The summed E-state index contributed by atoms with van der Waals surface area (Å²) in [5, 5.41) is 0. The van der Waals surface area contributed by atoms with Crippen molar-refractivity contribution < 1.29 is 0 Å². The highest BCUT2D eigenvalue weighted by molar-refractivity contribution is 6.04. The zero-order valence-corrected chi connectivity index (χ0v) is 3.85. The van der Waals surface area contributed by atoms with E-state index in [1.165, 1.54) is 12.8 Å². The van der Waals surface area contributed by atoms with Crippen LogP contribution in [0.15, 0.2) is 0 Å². The largest absolute Gasteiger partial charge is 0.353 e. The summed E-state index contributed by atoms with van der Waals surface area (Å²) in [5.74, 6) is 0. The fourth-order valence-electron chi connectivity index (χ4n) is 0.742. The summed E-state index contributed by atoms with van der Waals surface area (Å²) in [6.45, 7) is 2.19. The lowest BCUT2D eigenvalue weighted by Gasteiger charge is -2.01. The van der Waals surface area contributed by atoms with E-state index >= 15 is 0 Å². The molecule has 0 spiro atoms. The molecule has 0 aromatic heterocycles. The highest BCUT2D eigenvalue weighted by Crippen LogP contribution is 2.01. The Balaban J connectivity index is 2.18. The number of nitrogens with zero attached hydrogens (tertiary/aromatic N) is 1. The summed E-state index contributed by atoms with van der Waals surface area (Å²) < 4.78 is 0. The van der Waals surface area contributed by atoms with Gasteiger partial charge in [-0.2, -0.15) is 0 Å². The highest BCUT2D eigenvalue weighted by Gasteiger charge is 2.02. The van der Waals surface area contributed by atoms with E-state index in [1.807, 2.05) is 4.81 Å². The maximum absolute atomic E-state index is 5.37. The fraction of sp³-hybridized carbons (Fsp3) is 1.00. The molecular formula is C4H8BN. The minimum absolute atomic E-state index is 1.10. The Morgan fingerprint density at radius 3 is 1.83 bits per heavy atom. The number of rotatable bonds is 0. The molecule has 0 saturated carbocycles. The van der Waals surface area contributed by atoms with Gasteiger partial charge < -0.3 is 4.81 Å². The zero-order valence-electron chi connectivity index (χ0n) is 3.85. The van der Waals surface area contributed by atoms with Crippen LogP contribution in [0, 0.1) is 0 Å². The molecule has 1 nitrogen and oxygen atoms in total. The van der Waals surface area contributed by atoms with Crippen LogP contribution >= 0.6 is 0 Å². The van der Waals surface area contributed by atoms with E-state index in [0.29, 0.717) is 0 Å². The molecule has 0 aromatic rings. The van der Waals surface area contributed by atoms with Gasteiger partial charge in [0.25, 0.3) is 0 Å². The van der Waals surface area contributed by atoms with E-state index in [2.05, 4.69) is 0 Å². The second kappa shape index (κ2) is 1.65. The van der Waals surface area contributed by atoms with E-state index in [-0.39, 0.29) is 0 Å². The van der Waals surface area contributed by atoms with Crippen molar-refractivity contribution in [2.45, 2.75) is 12.8 Å². The first-order valence-corrected chi connectivity index (χ1v) is 2.39. The van der Waals surface area contributed by atoms with Crippen LogP contribution in [0.1, 0.15) is 12.8 Å². The van der Waals surface area contributed by atoms with Crippen molar-refractivity contribution in [3.8, 4) is 0 Å². The van der Waals surface area contributed by atoms with Crippen LogP contribution in [0.5, 0.6) is 0 Å². The van der Waals surface area contributed by atoms with E-state index < -0.39 is 0 Å². The number of hydrogen-bond donors (Lipinski definition) is 0. The molecule has 0 aromatic carbocycles. The van der Waals surface area contributed by atoms with Crippen molar-refractivity contribution in [1.29, 1.82) is 0 Å². The molecule has 0 bridgehead atoms. The summed E-state index contributed by atoms with van der Waals surface area (Å²) in [6.07, 6.45) is 2.58. The quantitative estimate of drug-likeness (QED) is 0.375. The maximum atomic E-state index is 5.37. The minimum atomic E-state index is 1.10. The van der Waals surface area contributed by atoms with Gasteiger partial charge in [0.15, 0.2) is 7.98 Å². The maximum Gasteiger partial charge on any atom is 0.182 e. The molecule has 0 amide bonds. The van der Waals surface area contributed by atoms with E-state index in [1.54, 1.807) is 0 Å². The smallest absolute Gasteiger partial charge is 0.182 e. The molecule has 0 aliphatic carbocycles. The van der Waals surface area contributed by atoms with E-state index in [9.17, 15) is 0 Å². The van der Waals surface area contributed by atoms with Crippen LogP contribution in [0.2, 0.25) is 0 Å². The summed E-state index contributed by atoms with van der Waals surface area (Å²) >= 11 is 0. The fourth-order valence-corrected chi connectivity index (χ4v) is 0.742. The van der Waals surface area contributed by atoms with Crippen LogP contribution in [0.4, 0.5) is 0 Å². The SMILES string of the molecule is [B]N1CCCC1. The Morgan fingerprint density at radius 2 is 1.67 bits per heavy atom. The van der Waals surface area contributed by atoms with Gasteiger partial charge in [0.2, 0.25) is 0 Å². The van der Waals surface area contributed by atoms with E-state index in [0.717, 1.165) is 13.1 Å². The average molecular weight is 80.9 g/mol. The summed E-state index contributed by atoms with van der Waals surface area (Å²) in [5.41, 5.74) is 0. The molecule has 0 atom stereocenters. The Hall–Kier alpha value is 0.0249. The average Bonchev–Trinajstić information content (AvgIpc) is 1.86. The van der Waals surface area contributed by atoms with Gasteiger partial charge >= 0.3 is 0 Å². The molecule has 1 heterocycles. The van der Waals surface area contributed by atoms with Crippen molar-refractivity contribution in [3.63, 3.8) is 0 Å². The predicted molar refractivity (Wildman–Crippen MR) is 26.6 cm³/mol. The Bertz CT molecular complexity index is 40.8. The lowest BCUT2D eigenvalue weighted by molar-refractivity contribution is 0.565. The lowest BCUT2D eigenvalue weighted by atomic mass is 10.3. The van der Waals surface area contributed by atoms with Crippen molar-refractivity contribution in [3.05, 3.63) is 0 Å². The van der Waals surface area contributed by atoms with Crippen LogP contribution in [0.25, 0.3) is 0 Å². The Kier molecular flexibility index (Phi) is 1.15. The lowest BCUT2D eigenvalue weighted by Crippen LogP contribution is -2.13. The van der Waals surface area contributed by atoms with Gasteiger partial charge in [-0.15, -0.1) is 0 Å². The van der Waals surface area contributed by atoms with Crippen molar-refractivity contribution >= 4 is 7.98 Å². The molecule has 1 aliphatic rings. The standard InChI is InChI=1S/C4H8BN/c5-6-3-1-2-4-6/h1-4H2. The molecule has 6 heavy (non-hydrogen) atoms. The van der Waals surface area contributed by atoms with Crippen molar-refractivity contribution in [2.24, 2.45) is 0 Å². The summed E-state index contributed by atoms with van der Waals surface area (Å²) in [4.78, 5) is 1.86. The summed E-state index contributed by atoms with van der Waals surface area (Å²) in [7, 11) is 5.37. The van der Waals surface area contributed by atoms with Gasteiger partial charge in [-0.05, 0) is 25.9 Å². The third-order valence-electron chi connectivity index (χ3n) is 1.14. The van der Waals surface area contributed by atoms with Crippen LogP contribution in [-0.4, -0.2) is 25.9 Å². The van der Waals surface area contributed by atoms with Crippen LogP contribution in [-0.2, 0) is 0 Å². The molecular weight excluding hydrogens is 72.9 g/mol. The van der Waals surface area contributed by atoms with Gasteiger partial charge in [0.05, 0.1) is 0 Å². The van der Waals surface area contributed by atoms with Crippen molar-refractivity contribution in [2.75, 3.05) is 13.1 Å². The normalized spacial score (nSPS) is 25.3. The third-order valence-corrected chi connectivity index (χ3v) is 1.14. The molecule has 32 valence electrons. The highest BCUT2D eigenvalue weighted by atomic mass is 15.0. The van der Waals surface area contributed by atoms with Gasteiger partial charge in [0.1, 0.15) is 0 Å². The summed E-state index contributed by atoms with van der Waals surface area (Å²) in [6, 6.07) is 0. The van der Waals surface area contributed by atoms with Gasteiger partial charge in [-0.25, -0.2) is 0 Å². The van der Waals surface area contributed by atoms with Crippen LogP contribution in [0.3, 0.4) is 0 Å².